The predicted molar refractivity (Wildman–Crippen MR) is 286 cm³/mol. The van der Waals surface area contributed by atoms with Crippen LogP contribution in [0.25, 0.3) is 77.6 Å². The molecule has 0 saturated heterocycles. The molecule has 16 rings (SSSR count). The van der Waals surface area contributed by atoms with Crippen molar-refractivity contribution < 1.29 is 4.42 Å². The van der Waals surface area contributed by atoms with Crippen LogP contribution in [0.15, 0.2) is 253 Å². The van der Waals surface area contributed by atoms with Gasteiger partial charge in [0.1, 0.15) is 5.58 Å². The monoisotopic (exact) mass is 887 g/mol. The summed E-state index contributed by atoms with van der Waals surface area (Å²) in [6.07, 6.45) is 0. The molecule has 2 spiro atoms. The first-order chi connectivity index (χ1) is 34.8. The van der Waals surface area contributed by atoms with Gasteiger partial charge in [-0.15, -0.1) is 0 Å². The first kappa shape index (κ1) is 38.0. The second-order valence-electron chi connectivity index (χ2n) is 19.3. The van der Waals surface area contributed by atoms with Gasteiger partial charge in [0.25, 0.3) is 0 Å². The van der Waals surface area contributed by atoms with Gasteiger partial charge in [0.15, 0.2) is 5.58 Å². The highest BCUT2D eigenvalue weighted by atomic mass is 16.3. The van der Waals surface area contributed by atoms with Crippen LogP contribution in [0, 0.1) is 0 Å². The second-order valence-corrected chi connectivity index (χ2v) is 19.3. The molecule has 0 unspecified atom stereocenters. The molecule has 4 aliphatic carbocycles. The van der Waals surface area contributed by atoms with Crippen LogP contribution in [0.5, 0.6) is 0 Å². The van der Waals surface area contributed by atoms with Crippen LogP contribution in [0.1, 0.15) is 44.5 Å². The standard InChI is InChI=1S/C68H41NO/c1-2-20-42(21-3-1)44-22-10-18-36-61(44)69(43-38-39-50-49-27-8-14-32-55(49)67(59(50)40-43)53-30-12-4-23-45(53)46-24-5-13-31-54(46)67)62-41-60-64(65-52-29-11-19-37-63(52)70-66(62)65)51-28-9-17-35-58(51)68(60)56-33-15-6-25-47(56)48-26-7-16-34-57(48)68/h1-41H. The molecule has 0 N–H and O–H groups in total. The van der Waals surface area contributed by atoms with E-state index in [0.29, 0.717) is 0 Å². The van der Waals surface area contributed by atoms with E-state index in [1.54, 1.807) is 0 Å². The fourth-order valence-electron chi connectivity index (χ4n) is 13.8. The number of furan rings is 1. The van der Waals surface area contributed by atoms with Gasteiger partial charge in [-0.1, -0.05) is 218 Å². The van der Waals surface area contributed by atoms with Gasteiger partial charge in [-0.25, -0.2) is 0 Å². The molecular formula is C68H41NO. The van der Waals surface area contributed by atoms with Crippen molar-refractivity contribution in [1.82, 2.24) is 0 Å². The van der Waals surface area contributed by atoms with E-state index in [4.69, 9.17) is 4.42 Å². The number of para-hydroxylation sites is 2. The molecule has 0 bridgehead atoms. The fourth-order valence-corrected chi connectivity index (χ4v) is 13.8. The Morgan fingerprint density at radius 3 is 1.30 bits per heavy atom. The van der Waals surface area contributed by atoms with Gasteiger partial charge < -0.3 is 9.32 Å². The lowest BCUT2D eigenvalue weighted by Crippen LogP contribution is -2.26. The minimum atomic E-state index is -0.577. The Morgan fingerprint density at radius 1 is 0.300 bits per heavy atom. The summed E-state index contributed by atoms with van der Waals surface area (Å²) in [5, 5.41) is 2.25. The topological polar surface area (TPSA) is 16.4 Å². The van der Waals surface area contributed by atoms with Gasteiger partial charge in [0.05, 0.1) is 22.2 Å². The van der Waals surface area contributed by atoms with Gasteiger partial charge in [0, 0.05) is 22.0 Å². The SMILES string of the molecule is c1ccc(-c2ccccc2N(c2ccc3c(c2)C2(c4ccccc4-c4ccccc42)c2ccccc2-3)c2cc3c(c4c2oc2ccccc24)-c2ccccc2C32c3ccccc3-c3ccccc32)cc1. The second kappa shape index (κ2) is 13.8. The highest BCUT2D eigenvalue weighted by molar-refractivity contribution is 6.20. The summed E-state index contributed by atoms with van der Waals surface area (Å²) in [5.74, 6) is 0. The Labute approximate surface area is 406 Å². The van der Waals surface area contributed by atoms with Gasteiger partial charge in [-0.05, 0) is 125 Å². The lowest BCUT2D eigenvalue weighted by Gasteiger charge is -2.34. The quantitative estimate of drug-likeness (QED) is 0.175. The molecule has 12 aromatic rings. The van der Waals surface area contributed by atoms with E-state index < -0.39 is 10.8 Å². The normalized spacial score (nSPS) is 14.2. The van der Waals surface area contributed by atoms with Crippen molar-refractivity contribution in [1.29, 1.82) is 0 Å². The third kappa shape index (κ3) is 4.59. The Hall–Kier alpha value is -8.98. The Morgan fingerprint density at radius 2 is 0.729 bits per heavy atom. The summed E-state index contributed by atoms with van der Waals surface area (Å²) >= 11 is 0. The number of anilines is 3. The molecule has 0 aliphatic heterocycles. The third-order valence-electron chi connectivity index (χ3n) is 16.3. The van der Waals surface area contributed by atoms with Crippen molar-refractivity contribution in [3.8, 4) is 55.6 Å². The van der Waals surface area contributed by atoms with Gasteiger partial charge in [0.2, 0.25) is 0 Å². The van der Waals surface area contributed by atoms with E-state index in [-0.39, 0.29) is 0 Å². The minimum Gasteiger partial charge on any atom is -0.454 e. The highest BCUT2D eigenvalue weighted by Crippen LogP contribution is 2.67. The molecule has 2 heteroatoms. The third-order valence-corrected chi connectivity index (χ3v) is 16.3. The van der Waals surface area contributed by atoms with Crippen LogP contribution in [0.4, 0.5) is 17.1 Å². The van der Waals surface area contributed by atoms with Crippen molar-refractivity contribution in [3.05, 3.63) is 293 Å². The molecule has 0 saturated carbocycles. The van der Waals surface area contributed by atoms with E-state index in [2.05, 4.69) is 254 Å². The van der Waals surface area contributed by atoms with E-state index in [0.717, 1.165) is 50.1 Å². The van der Waals surface area contributed by atoms with E-state index in [1.165, 1.54) is 89.0 Å². The van der Waals surface area contributed by atoms with Crippen molar-refractivity contribution >= 4 is 39.0 Å². The highest BCUT2D eigenvalue weighted by Gasteiger charge is 2.54. The molecule has 4 aliphatic rings. The summed E-state index contributed by atoms with van der Waals surface area (Å²) < 4.78 is 7.37. The molecular weight excluding hydrogens is 847 g/mol. The maximum Gasteiger partial charge on any atom is 0.160 e. The maximum absolute atomic E-state index is 7.37. The molecule has 11 aromatic carbocycles. The zero-order valence-electron chi connectivity index (χ0n) is 38.0. The average molecular weight is 888 g/mol. The largest absolute Gasteiger partial charge is 0.454 e. The van der Waals surface area contributed by atoms with E-state index >= 15 is 0 Å². The summed E-state index contributed by atoms with van der Waals surface area (Å²) in [6, 6.07) is 92.8. The average Bonchev–Trinajstić information content (AvgIpc) is 4.21. The fraction of sp³-hybridized carbons (Fsp3) is 0.0294. The number of fused-ring (bicyclic) bond motifs is 24. The maximum atomic E-state index is 7.37. The minimum absolute atomic E-state index is 0.519. The number of rotatable bonds is 4. The van der Waals surface area contributed by atoms with Crippen LogP contribution >= 0.6 is 0 Å². The van der Waals surface area contributed by atoms with Crippen LogP contribution in [-0.2, 0) is 10.8 Å². The zero-order valence-corrected chi connectivity index (χ0v) is 38.0. The molecule has 70 heavy (non-hydrogen) atoms. The summed E-state index contributed by atoms with van der Waals surface area (Å²) in [5.41, 5.74) is 26.7. The molecule has 0 atom stereocenters. The number of hydrogen-bond donors (Lipinski definition) is 0. The van der Waals surface area contributed by atoms with Crippen LogP contribution in [-0.4, -0.2) is 0 Å². The molecule has 0 amide bonds. The molecule has 1 aromatic heterocycles. The lowest BCUT2D eigenvalue weighted by molar-refractivity contribution is 0.668. The van der Waals surface area contributed by atoms with Crippen molar-refractivity contribution in [3.63, 3.8) is 0 Å². The smallest absolute Gasteiger partial charge is 0.160 e. The molecule has 0 fully saturated rings. The number of hydrogen-bond acceptors (Lipinski definition) is 2. The molecule has 1 heterocycles. The number of nitrogens with zero attached hydrogens (tertiary/aromatic N) is 1. The van der Waals surface area contributed by atoms with Gasteiger partial charge in [-0.3, -0.25) is 0 Å². The summed E-state index contributed by atoms with van der Waals surface area (Å²) in [6.45, 7) is 0. The van der Waals surface area contributed by atoms with E-state index in [1.807, 2.05) is 0 Å². The first-order valence-corrected chi connectivity index (χ1v) is 24.4. The van der Waals surface area contributed by atoms with Crippen molar-refractivity contribution in [2.75, 3.05) is 4.90 Å². The van der Waals surface area contributed by atoms with Gasteiger partial charge >= 0.3 is 0 Å². The first-order valence-electron chi connectivity index (χ1n) is 24.4. The van der Waals surface area contributed by atoms with Gasteiger partial charge in [-0.2, -0.15) is 0 Å². The Bertz CT molecular complexity index is 4100. The molecule has 0 radical (unpaired) electrons. The molecule has 324 valence electrons. The predicted octanol–water partition coefficient (Wildman–Crippen LogP) is 17.4. The van der Waals surface area contributed by atoms with Crippen LogP contribution < -0.4 is 4.90 Å². The van der Waals surface area contributed by atoms with Crippen molar-refractivity contribution in [2.45, 2.75) is 10.8 Å². The zero-order chi connectivity index (χ0) is 45.7. The van der Waals surface area contributed by atoms with Crippen LogP contribution in [0.2, 0.25) is 0 Å². The lowest BCUT2D eigenvalue weighted by atomic mass is 9.70. The Kier molecular flexibility index (Phi) is 7.51. The molecule has 2 nitrogen and oxygen atoms in total. The Balaban J connectivity index is 1.07. The number of benzene rings is 11. The van der Waals surface area contributed by atoms with Crippen molar-refractivity contribution in [2.24, 2.45) is 0 Å². The summed E-state index contributed by atoms with van der Waals surface area (Å²) in [7, 11) is 0. The summed E-state index contributed by atoms with van der Waals surface area (Å²) in [4.78, 5) is 2.53. The van der Waals surface area contributed by atoms with E-state index in [9.17, 15) is 0 Å². The van der Waals surface area contributed by atoms with Crippen LogP contribution in [0.3, 0.4) is 0 Å².